The summed E-state index contributed by atoms with van der Waals surface area (Å²) in [5.41, 5.74) is 6.25. The monoisotopic (exact) mass is 280 g/mol. The van der Waals surface area contributed by atoms with Gasteiger partial charge >= 0.3 is 0 Å². The van der Waals surface area contributed by atoms with Gasteiger partial charge in [-0.15, -0.1) is 0 Å². The van der Waals surface area contributed by atoms with E-state index in [4.69, 9.17) is 9.73 Å². The molecule has 0 N–H and O–H groups in total. The lowest BCUT2D eigenvalue weighted by atomic mass is 10.1. The molecule has 108 valence electrons. The standard InChI is InChI=1S/C18H20N2O/c1-11-7-5-8-12(2)17(11)19-13(3)15-9-6-10-16(20-15)18-14(4)21-18/h5-10,14,18H,1-4H3. The first-order valence-corrected chi connectivity index (χ1v) is 7.30. The fraction of sp³-hybridized carbons (Fsp3) is 0.333. The van der Waals surface area contributed by atoms with Crippen LogP contribution in [0.25, 0.3) is 0 Å². The van der Waals surface area contributed by atoms with Crippen molar-refractivity contribution in [3.05, 3.63) is 58.9 Å². The Balaban J connectivity index is 1.94. The molecule has 1 saturated heterocycles. The molecule has 2 heterocycles. The normalized spacial score (nSPS) is 21.4. The van der Waals surface area contributed by atoms with E-state index in [1.54, 1.807) is 0 Å². The highest BCUT2D eigenvalue weighted by atomic mass is 16.6. The van der Waals surface area contributed by atoms with Crippen LogP contribution >= 0.6 is 0 Å². The summed E-state index contributed by atoms with van der Waals surface area (Å²) in [6.45, 7) is 8.25. The number of hydrogen-bond donors (Lipinski definition) is 0. The van der Waals surface area contributed by atoms with Gasteiger partial charge in [0.15, 0.2) is 0 Å². The zero-order valence-electron chi connectivity index (χ0n) is 12.9. The van der Waals surface area contributed by atoms with Crippen LogP contribution in [0, 0.1) is 13.8 Å². The van der Waals surface area contributed by atoms with Crippen LogP contribution in [0.15, 0.2) is 41.4 Å². The molecule has 1 aromatic carbocycles. The summed E-state index contributed by atoms with van der Waals surface area (Å²) >= 11 is 0. The van der Waals surface area contributed by atoms with E-state index in [-0.39, 0.29) is 12.2 Å². The Hall–Kier alpha value is -2.00. The molecule has 3 rings (SSSR count). The Kier molecular flexibility index (Phi) is 3.60. The van der Waals surface area contributed by atoms with E-state index < -0.39 is 0 Å². The highest BCUT2D eigenvalue weighted by molar-refractivity contribution is 5.99. The molecule has 2 atom stereocenters. The molecule has 0 aliphatic carbocycles. The molecule has 1 aromatic heterocycles. The van der Waals surface area contributed by atoms with Gasteiger partial charge < -0.3 is 4.74 Å². The third kappa shape index (κ3) is 2.88. The lowest BCUT2D eigenvalue weighted by molar-refractivity contribution is 0.380. The average Bonchev–Trinajstić information content (AvgIpc) is 3.20. The topological polar surface area (TPSA) is 37.8 Å². The maximum absolute atomic E-state index is 5.49. The Labute approximate surface area is 125 Å². The van der Waals surface area contributed by atoms with Gasteiger partial charge in [0.2, 0.25) is 0 Å². The Morgan fingerprint density at radius 1 is 1.10 bits per heavy atom. The van der Waals surface area contributed by atoms with Crippen molar-refractivity contribution in [3.63, 3.8) is 0 Å². The molecule has 21 heavy (non-hydrogen) atoms. The lowest BCUT2D eigenvalue weighted by Gasteiger charge is -2.07. The van der Waals surface area contributed by atoms with Gasteiger partial charge in [-0.2, -0.15) is 0 Å². The second kappa shape index (κ2) is 5.41. The molecule has 3 heteroatoms. The molecular formula is C18H20N2O. The van der Waals surface area contributed by atoms with E-state index in [0.717, 1.165) is 22.8 Å². The molecule has 1 aliphatic heterocycles. The van der Waals surface area contributed by atoms with Crippen molar-refractivity contribution in [2.24, 2.45) is 4.99 Å². The summed E-state index contributed by atoms with van der Waals surface area (Å²) in [5, 5.41) is 0. The highest BCUT2D eigenvalue weighted by Crippen LogP contribution is 2.37. The van der Waals surface area contributed by atoms with E-state index in [1.807, 2.05) is 25.1 Å². The summed E-state index contributed by atoms with van der Waals surface area (Å²) in [5.74, 6) is 0. The van der Waals surface area contributed by atoms with Crippen molar-refractivity contribution >= 4 is 11.4 Å². The third-order valence-corrected chi connectivity index (χ3v) is 3.86. The molecule has 0 spiro atoms. The first-order valence-electron chi connectivity index (χ1n) is 7.30. The number of aromatic nitrogens is 1. The van der Waals surface area contributed by atoms with Crippen LogP contribution in [0.4, 0.5) is 5.69 Å². The van der Waals surface area contributed by atoms with Crippen LogP contribution < -0.4 is 0 Å². The van der Waals surface area contributed by atoms with Gasteiger partial charge in [-0.3, -0.25) is 4.99 Å². The fourth-order valence-corrected chi connectivity index (χ4v) is 2.51. The number of rotatable bonds is 3. The minimum Gasteiger partial charge on any atom is -0.363 e. The molecule has 3 nitrogen and oxygen atoms in total. The number of aryl methyl sites for hydroxylation is 2. The number of hydrogen-bond acceptors (Lipinski definition) is 3. The molecule has 0 amide bonds. The molecule has 2 unspecified atom stereocenters. The van der Waals surface area contributed by atoms with Gasteiger partial charge in [-0.25, -0.2) is 4.98 Å². The SMILES string of the molecule is CC(=Nc1c(C)cccc1C)c1cccc(C2OC2C)n1. The van der Waals surface area contributed by atoms with Crippen molar-refractivity contribution in [1.29, 1.82) is 0 Å². The van der Waals surface area contributed by atoms with E-state index >= 15 is 0 Å². The first-order chi connectivity index (χ1) is 10.1. The minimum absolute atomic E-state index is 0.151. The predicted octanol–water partition coefficient (Wildman–Crippen LogP) is 4.30. The van der Waals surface area contributed by atoms with Gasteiger partial charge in [0, 0.05) is 0 Å². The molecular weight excluding hydrogens is 260 g/mol. The van der Waals surface area contributed by atoms with Crippen LogP contribution in [0.2, 0.25) is 0 Å². The van der Waals surface area contributed by atoms with Crippen LogP contribution in [0.5, 0.6) is 0 Å². The molecule has 0 radical (unpaired) electrons. The summed E-state index contributed by atoms with van der Waals surface area (Å²) in [6, 6.07) is 12.3. The molecule has 0 saturated carbocycles. The number of epoxide rings is 1. The average molecular weight is 280 g/mol. The van der Waals surface area contributed by atoms with E-state index in [9.17, 15) is 0 Å². The molecule has 0 bridgehead atoms. The lowest BCUT2D eigenvalue weighted by Crippen LogP contribution is -2.01. The summed E-state index contributed by atoms with van der Waals surface area (Å²) in [7, 11) is 0. The van der Waals surface area contributed by atoms with Crippen molar-refractivity contribution < 1.29 is 4.74 Å². The predicted molar refractivity (Wildman–Crippen MR) is 85.3 cm³/mol. The summed E-state index contributed by atoms with van der Waals surface area (Å²) < 4.78 is 5.49. The number of pyridine rings is 1. The third-order valence-electron chi connectivity index (χ3n) is 3.86. The van der Waals surface area contributed by atoms with Crippen molar-refractivity contribution in [1.82, 2.24) is 4.98 Å². The van der Waals surface area contributed by atoms with Crippen molar-refractivity contribution in [2.45, 2.75) is 39.9 Å². The van der Waals surface area contributed by atoms with Crippen molar-refractivity contribution in [2.75, 3.05) is 0 Å². The molecule has 1 fully saturated rings. The van der Waals surface area contributed by atoms with Crippen LogP contribution in [0.3, 0.4) is 0 Å². The number of ether oxygens (including phenoxy) is 1. The van der Waals surface area contributed by atoms with Crippen LogP contribution in [-0.4, -0.2) is 16.8 Å². The first kappa shape index (κ1) is 14.0. The minimum atomic E-state index is 0.151. The van der Waals surface area contributed by atoms with E-state index in [2.05, 4.69) is 44.0 Å². The van der Waals surface area contributed by atoms with Crippen molar-refractivity contribution in [3.8, 4) is 0 Å². The second-order valence-corrected chi connectivity index (χ2v) is 5.65. The van der Waals surface area contributed by atoms with E-state index in [1.165, 1.54) is 11.1 Å². The molecule has 1 aliphatic rings. The van der Waals surface area contributed by atoms with Gasteiger partial charge in [0.05, 0.1) is 28.9 Å². The van der Waals surface area contributed by atoms with Crippen LogP contribution in [0.1, 0.15) is 42.5 Å². The van der Waals surface area contributed by atoms with Gasteiger partial charge in [-0.1, -0.05) is 24.3 Å². The molecule has 2 aromatic rings. The maximum Gasteiger partial charge on any atom is 0.126 e. The maximum atomic E-state index is 5.49. The number of nitrogens with zero attached hydrogens (tertiary/aromatic N) is 2. The number of para-hydroxylation sites is 1. The summed E-state index contributed by atoms with van der Waals surface area (Å²) in [6.07, 6.45) is 0.432. The Morgan fingerprint density at radius 2 is 1.71 bits per heavy atom. The Morgan fingerprint density at radius 3 is 2.33 bits per heavy atom. The van der Waals surface area contributed by atoms with Gasteiger partial charge in [-0.05, 0) is 51.0 Å². The van der Waals surface area contributed by atoms with Gasteiger partial charge in [0.1, 0.15) is 6.10 Å². The smallest absolute Gasteiger partial charge is 0.126 e. The highest BCUT2D eigenvalue weighted by Gasteiger charge is 2.37. The largest absolute Gasteiger partial charge is 0.363 e. The number of aliphatic imine (C=N–C) groups is 1. The Bertz CT molecular complexity index is 686. The van der Waals surface area contributed by atoms with Gasteiger partial charge in [0.25, 0.3) is 0 Å². The quantitative estimate of drug-likeness (QED) is 0.621. The zero-order valence-corrected chi connectivity index (χ0v) is 12.9. The summed E-state index contributed by atoms with van der Waals surface area (Å²) in [4.78, 5) is 9.47. The zero-order chi connectivity index (χ0) is 15.0. The van der Waals surface area contributed by atoms with Crippen LogP contribution in [-0.2, 0) is 4.74 Å². The fourth-order valence-electron chi connectivity index (χ4n) is 2.51. The number of benzene rings is 1. The van der Waals surface area contributed by atoms with E-state index in [0.29, 0.717) is 0 Å². The second-order valence-electron chi connectivity index (χ2n) is 5.65.